The van der Waals surface area contributed by atoms with Crippen LogP contribution in [0.3, 0.4) is 0 Å². The van der Waals surface area contributed by atoms with Gasteiger partial charge in [0.2, 0.25) is 17.6 Å². The summed E-state index contributed by atoms with van der Waals surface area (Å²) in [5, 5.41) is 11.6. The van der Waals surface area contributed by atoms with E-state index in [0.29, 0.717) is 40.7 Å². The zero-order chi connectivity index (χ0) is 32.0. The molecule has 1 saturated heterocycles. The first-order valence-corrected chi connectivity index (χ1v) is 16.0. The highest BCUT2D eigenvalue weighted by Gasteiger charge is 2.52. The van der Waals surface area contributed by atoms with Gasteiger partial charge in [0, 0.05) is 38.3 Å². The molecule has 0 spiro atoms. The van der Waals surface area contributed by atoms with E-state index in [9.17, 15) is 29.3 Å². The largest absolute Gasteiger partial charge is 0.454 e. The molecule has 0 bridgehead atoms. The third-order valence-electron chi connectivity index (χ3n) is 8.31. The SMILES string of the molecule is Cc1cccc2c(C(=O)OCC(=O)c3cccc([N+](=O)[O-])c3)cc(-c3ccc(N4C(=O)C5CC(Br)C(Br)CC5C4=O)cc3)nc12. The molecular formula is C33H25Br2N3O7. The number of rotatable bonds is 7. The van der Waals surface area contributed by atoms with Crippen molar-refractivity contribution in [3.63, 3.8) is 0 Å². The van der Waals surface area contributed by atoms with Crippen LogP contribution in [0.2, 0.25) is 0 Å². The smallest absolute Gasteiger partial charge is 0.339 e. The second-order valence-corrected chi connectivity index (χ2v) is 13.5. The number of benzene rings is 3. The molecule has 2 heterocycles. The van der Waals surface area contributed by atoms with Crippen molar-refractivity contribution in [3.05, 3.63) is 99.6 Å². The van der Waals surface area contributed by atoms with Gasteiger partial charge in [-0.3, -0.25) is 29.4 Å². The van der Waals surface area contributed by atoms with Gasteiger partial charge < -0.3 is 4.74 Å². The average molecular weight is 735 g/mol. The Balaban J connectivity index is 1.27. The molecule has 3 aromatic carbocycles. The number of aromatic nitrogens is 1. The number of halogens is 2. The number of carbonyl (C=O) groups is 4. The number of nitro benzene ring substituents is 1. The summed E-state index contributed by atoms with van der Waals surface area (Å²) in [4.78, 5) is 69.3. The van der Waals surface area contributed by atoms with Crippen LogP contribution < -0.4 is 4.90 Å². The Bertz CT molecular complexity index is 1870. The third kappa shape index (κ3) is 5.80. The number of ether oxygens (including phenoxy) is 1. The number of anilines is 1. The van der Waals surface area contributed by atoms with Crippen molar-refractivity contribution >= 4 is 77.7 Å². The van der Waals surface area contributed by atoms with Gasteiger partial charge in [-0.2, -0.15) is 0 Å². The van der Waals surface area contributed by atoms with E-state index in [4.69, 9.17) is 9.72 Å². The second-order valence-electron chi connectivity index (χ2n) is 11.1. The number of alkyl halides is 2. The summed E-state index contributed by atoms with van der Waals surface area (Å²) in [6, 6.07) is 19.1. The first-order valence-electron chi connectivity index (χ1n) is 14.1. The van der Waals surface area contributed by atoms with E-state index in [0.717, 1.165) is 11.6 Å². The normalized spacial score (nSPS) is 21.1. The van der Waals surface area contributed by atoms with Gasteiger partial charge in [0.1, 0.15) is 0 Å². The van der Waals surface area contributed by atoms with Gasteiger partial charge >= 0.3 is 5.97 Å². The highest BCUT2D eigenvalue weighted by Crippen LogP contribution is 2.44. The van der Waals surface area contributed by atoms with E-state index in [-0.39, 0.29) is 50.1 Å². The Kier molecular flexibility index (Phi) is 8.36. The molecule has 1 aliphatic carbocycles. The number of Topliss-reactive ketones (excluding diaryl/α,β-unsaturated/α-hetero) is 1. The molecule has 45 heavy (non-hydrogen) atoms. The molecular weight excluding hydrogens is 710 g/mol. The fraction of sp³-hybridized carbons (Fsp3) is 0.242. The summed E-state index contributed by atoms with van der Waals surface area (Å²) in [5.74, 6) is -2.47. The predicted molar refractivity (Wildman–Crippen MR) is 174 cm³/mol. The van der Waals surface area contributed by atoms with Crippen LogP contribution in [0.15, 0.2) is 72.8 Å². The van der Waals surface area contributed by atoms with Crippen LogP contribution in [0.1, 0.15) is 39.1 Å². The Labute approximate surface area is 274 Å². The minimum Gasteiger partial charge on any atom is -0.454 e. The number of nitro groups is 1. The Hall–Kier alpha value is -4.29. The minimum atomic E-state index is -0.754. The number of hydrogen-bond acceptors (Lipinski definition) is 8. The van der Waals surface area contributed by atoms with Crippen LogP contribution in [0.4, 0.5) is 11.4 Å². The highest BCUT2D eigenvalue weighted by atomic mass is 79.9. The number of imide groups is 1. The van der Waals surface area contributed by atoms with Gasteiger partial charge in [-0.15, -0.1) is 0 Å². The molecule has 6 rings (SSSR count). The van der Waals surface area contributed by atoms with Gasteiger partial charge in [0.25, 0.3) is 5.69 Å². The third-order valence-corrected chi connectivity index (χ3v) is 11.0. The van der Waals surface area contributed by atoms with E-state index in [1.54, 1.807) is 42.5 Å². The van der Waals surface area contributed by atoms with Crippen molar-refractivity contribution in [2.75, 3.05) is 11.5 Å². The topological polar surface area (TPSA) is 137 Å². The zero-order valence-corrected chi connectivity index (χ0v) is 27.0. The maximum Gasteiger partial charge on any atom is 0.339 e. The zero-order valence-electron chi connectivity index (χ0n) is 23.8. The number of amides is 2. The molecule has 2 aliphatic rings. The summed E-state index contributed by atoms with van der Waals surface area (Å²) < 4.78 is 5.38. The fourth-order valence-electron chi connectivity index (χ4n) is 5.92. The van der Waals surface area contributed by atoms with Crippen molar-refractivity contribution in [3.8, 4) is 11.3 Å². The summed E-state index contributed by atoms with van der Waals surface area (Å²) in [6.45, 7) is 1.26. The lowest BCUT2D eigenvalue weighted by atomic mass is 9.81. The molecule has 0 N–H and O–H groups in total. The molecule has 1 aromatic heterocycles. The van der Waals surface area contributed by atoms with Crippen LogP contribution in [-0.2, 0) is 14.3 Å². The summed E-state index contributed by atoms with van der Waals surface area (Å²) in [6.07, 6.45) is 1.16. The Morgan fingerprint density at radius 2 is 1.60 bits per heavy atom. The summed E-state index contributed by atoms with van der Waals surface area (Å²) in [5.41, 5.74) is 2.96. The molecule has 0 radical (unpaired) electrons. The predicted octanol–water partition coefficient (Wildman–Crippen LogP) is 6.58. The van der Waals surface area contributed by atoms with E-state index < -0.39 is 23.3 Å². The Morgan fingerprint density at radius 3 is 2.24 bits per heavy atom. The molecule has 12 heteroatoms. The van der Waals surface area contributed by atoms with Crippen LogP contribution in [0.25, 0.3) is 22.2 Å². The second kappa shape index (κ2) is 12.2. The maximum atomic E-state index is 13.3. The number of nitrogens with zero attached hydrogens (tertiary/aromatic N) is 3. The molecule has 1 aliphatic heterocycles. The van der Waals surface area contributed by atoms with Crippen LogP contribution in [0.5, 0.6) is 0 Å². The van der Waals surface area contributed by atoms with Crippen molar-refractivity contribution in [1.29, 1.82) is 0 Å². The average Bonchev–Trinajstić information content (AvgIpc) is 3.27. The van der Waals surface area contributed by atoms with E-state index in [1.165, 1.54) is 23.1 Å². The van der Waals surface area contributed by atoms with E-state index in [2.05, 4.69) is 31.9 Å². The van der Waals surface area contributed by atoms with Crippen molar-refractivity contribution in [2.24, 2.45) is 11.8 Å². The van der Waals surface area contributed by atoms with Crippen LogP contribution in [-0.4, -0.2) is 49.7 Å². The first kappa shape index (κ1) is 30.7. The van der Waals surface area contributed by atoms with Gasteiger partial charge in [0.15, 0.2) is 6.61 Å². The molecule has 2 fully saturated rings. The molecule has 228 valence electrons. The van der Waals surface area contributed by atoms with Gasteiger partial charge in [-0.25, -0.2) is 9.78 Å². The molecule has 10 nitrogen and oxygen atoms in total. The lowest BCUT2D eigenvalue weighted by Crippen LogP contribution is -2.34. The van der Waals surface area contributed by atoms with Gasteiger partial charge in [-0.05, 0) is 43.5 Å². The molecule has 4 aromatic rings. The number of aryl methyl sites for hydroxylation is 1. The number of carbonyl (C=O) groups excluding carboxylic acids is 4. The fourth-order valence-corrected chi connectivity index (χ4v) is 7.16. The molecule has 1 saturated carbocycles. The maximum absolute atomic E-state index is 13.3. The number of para-hydroxylation sites is 1. The molecule has 2 amide bonds. The van der Waals surface area contributed by atoms with Crippen molar-refractivity contribution in [1.82, 2.24) is 4.98 Å². The number of non-ortho nitro benzene ring substituents is 1. The molecule has 4 atom stereocenters. The number of pyridine rings is 1. The van der Waals surface area contributed by atoms with Crippen LogP contribution in [0, 0.1) is 28.9 Å². The van der Waals surface area contributed by atoms with Crippen LogP contribution >= 0.6 is 31.9 Å². The van der Waals surface area contributed by atoms with Crippen molar-refractivity contribution in [2.45, 2.75) is 29.4 Å². The quantitative estimate of drug-likeness (QED) is 0.0519. The number of hydrogen-bond donors (Lipinski definition) is 0. The van der Waals surface area contributed by atoms with Gasteiger partial charge in [-0.1, -0.05) is 74.3 Å². The van der Waals surface area contributed by atoms with E-state index in [1.807, 2.05) is 13.0 Å². The first-order chi connectivity index (χ1) is 21.5. The lowest BCUT2D eigenvalue weighted by molar-refractivity contribution is -0.384. The molecule has 4 unspecified atom stereocenters. The van der Waals surface area contributed by atoms with E-state index >= 15 is 0 Å². The monoisotopic (exact) mass is 733 g/mol. The summed E-state index contributed by atoms with van der Waals surface area (Å²) in [7, 11) is 0. The summed E-state index contributed by atoms with van der Waals surface area (Å²) >= 11 is 7.23. The number of fused-ring (bicyclic) bond motifs is 2. The number of ketones is 1. The number of esters is 1. The highest BCUT2D eigenvalue weighted by molar-refractivity contribution is 9.12. The Morgan fingerprint density at radius 1 is 0.956 bits per heavy atom. The van der Waals surface area contributed by atoms with Gasteiger partial charge in [0.05, 0.1) is 39.2 Å². The standard InChI is InChI=1S/C33H25Br2N3O7/c1-17-4-2-7-22-25(33(42)45-16-29(39)19-5-3-6-21(12-19)38(43)44)15-28(36-30(17)22)18-8-10-20(11-9-18)37-31(40)23-13-26(34)27(35)14-24(23)32(37)41/h2-12,15,23-24,26-27H,13-14,16H2,1H3. The lowest BCUT2D eigenvalue weighted by Gasteiger charge is -2.29. The minimum absolute atomic E-state index is 0.0569. The van der Waals surface area contributed by atoms with Crippen molar-refractivity contribution < 1.29 is 28.8 Å².